The average molecular weight is 373 g/mol. The van der Waals surface area contributed by atoms with Gasteiger partial charge in [0.15, 0.2) is 12.4 Å². The zero-order valence-corrected chi connectivity index (χ0v) is 16.2. The number of pyridine rings is 1. The summed E-state index contributed by atoms with van der Waals surface area (Å²) in [5.41, 5.74) is 6.15. The molecule has 142 valence electrons. The molecule has 5 heteroatoms. The molecule has 1 fully saturated rings. The third kappa shape index (κ3) is 2.58. The minimum atomic E-state index is -0.000722. The zero-order valence-electron chi connectivity index (χ0n) is 16.2. The predicted octanol–water partition coefficient (Wildman–Crippen LogP) is 4.81. The Morgan fingerprint density at radius 1 is 1.04 bits per heavy atom. The van der Waals surface area contributed by atoms with Crippen LogP contribution in [-0.2, 0) is 4.74 Å². The Balaban J connectivity index is 1.80. The molecule has 1 aliphatic rings. The average Bonchev–Trinajstić information content (AvgIpc) is 3.14. The maximum absolute atomic E-state index is 12.4. The maximum Gasteiger partial charge on any atom is 0.224 e. The third-order valence-electron chi connectivity index (χ3n) is 5.78. The van der Waals surface area contributed by atoms with Gasteiger partial charge in [-0.3, -0.25) is 0 Å². The summed E-state index contributed by atoms with van der Waals surface area (Å²) in [7, 11) is 0. The van der Waals surface area contributed by atoms with Crippen LogP contribution in [0.25, 0.3) is 32.9 Å². The predicted molar refractivity (Wildman–Crippen MR) is 110 cm³/mol. The summed E-state index contributed by atoms with van der Waals surface area (Å²) in [6.07, 6.45) is 6.89. The van der Waals surface area contributed by atoms with Crippen molar-refractivity contribution in [2.24, 2.45) is 0 Å². The number of hydrogen-bond donors (Lipinski definition) is 0. The van der Waals surface area contributed by atoms with Gasteiger partial charge in [-0.25, -0.2) is 4.68 Å². The molecule has 0 bridgehead atoms. The smallest absolute Gasteiger partial charge is 0.224 e. The first kappa shape index (κ1) is 17.2. The molecule has 1 atom stereocenters. The van der Waals surface area contributed by atoms with E-state index in [1.54, 1.807) is 6.20 Å². The molecular weight excluding hydrogens is 350 g/mol. The number of rotatable bonds is 2. The van der Waals surface area contributed by atoms with Gasteiger partial charge in [-0.15, -0.1) is 0 Å². The van der Waals surface area contributed by atoms with Crippen molar-refractivity contribution in [3.05, 3.63) is 65.1 Å². The third-order valence-corrected chi connectivity index (χ3v) is 5.78. The van der Waals surface area contributed by atoms with Gasteiger partial charge in [0.05, 0.1) is 17.1 Å². The number of benzene rings is 2. The highest BCUT2D eigenvalue weighted by Crippen LogP contribution is 2.38. The number of ether oxygens (including phenoxy) is 1. The lowest BCUT2D eigenvalue weighted by atomic mass is 9.91. The Hall–Kier alpha value is -2.92. The molecule has 28 heavy (non-hydrogen) atoms. The molecule has 0 spiro atoms. The Labute approximate surface area is 163 Å². The van der Waals surface area contributed by atoms with E-state index in [1.165, 1.54) is 5.56 Å². The Morgan fingerprint density at radius 3 is 2.68 bits per heavy atom. The van der Waals surface area contributed by atoms with Crippen LogP contribution in [0.1, 0.15) is 36.6 Å². The summed E-state index contributed by atoms with van der Waals surface area (Å²) in [4.78, 5) is 0. The van der Waals surface area contributed by atoms with E-state index in [9.17, 15) is 5.21 Å². The number of fused-ring (bicyclic) bond motifs is 2. The lowest BCUT2D eigenvalue weighted by molar-refractivity contribution is -0.577. The van der Waals surface area contributed by atoms with Crippen molar-refractivity contribution in [1.82, 2.24) is 9.78 Å². The Bertz CT molecular complexity index is 1190. The standard InChI is InChI=1S/C23H23N3O2/c1-15-10-11-20-18(13-24-26(20)21-9-5-6-12-28-21)22(15)23-16(2)14-25(27)19-8-4-3-7-17(19)23/h3-4,7-8,10-11,13-14,21H,5-6,9,12H2,1-2H3. The number of para-hydroxylation sites is 1. The molecule has 4 aromatic rings. The van der Waals surface area contributed by atoms with Crippen molar-refractivity contribution >= 4 is 21.8 Å². The van der Waals surface area contributed by atoms with Crippen molar-refractivity contribution in [1.29, 1.82) is 0 Å². The van der Waals surface area contributed by atoms with E-state index in [1.807, 2.05) is 42.1 Å². The van der Waals surface area contributed by atoms with Crippen LogP contribution in [-0.4, -0.2) is 16.4 Å². The van der Waals surface area contributed by atoms with Crippen molar-refractivity contribution in [3.8, 4) is 11.1 Å². The van der Waals surface area contributed by atoms with E-state index >= 15 is 0 Å². The van der Waals surface area contributed by atoms with Gasteiger partial charge in [-0.2, -0.15) is 9.83 Å². The minimum Gasteiger partial charge on any atom is -0.618 e. The van der Waals surface area contributed by atoms with E-state index in [0.29, 0.717) is 5.52 Å². The molecule has 5 rings (SSSR count). The summed E-state index contributed by atoms with van der Waals surface area (Å²) in [5, 5.41) is 19.2. The highest BCUT2D eigenvalue weighted by atomic mass is 16.5. The number of hydrogen-bond acceptors (Lipinski definition) is 3. The lowest BCUT2D eigenvalue weighted by Crippen LogP contribution is -2.27. The highest BCUT2D eigenvalue weighted by Gasteiger charge is 2.22. The topological polar surface area (TPSA) is 54.0 Å². The van der Waals surface area contributed by atoms with Crippen molar-refractivity contribution < 1.29 is 9.47 Å². The normalized spacial score (nSPS) is 17.4. The van der Waals surface area contributed by atoms with Crippen molar-refractivity contribution in [2.45, 2.75) is 39.3 Å². The molecule has 1 saturated heterocycles. The maximum atomic E-state index is 12.4. The molecule has 5 nitrogen and oxygen atoms in total. The summed E-state index contributed by atoms with van der Waals surface area (Å²) < 4.78 is 8.95. The summed E-state index contributed by atoms with van der Waals surface area (Å²) in [6, 6.07) is 12.1. The second-order valence-corrected chi connectivity index (χ2v) is 7.63. The molecule has 3 heterocycles. The van der Waals surface area contributed by atoms with Crippen LogP contribution in [0.5, 0.6) is 0 Å². The van der Waals surface area contributed by atoms with Gasteiger partial charge in [-0.05, 0) is 56.4 Å². The highest BCUT2D eigenvalue weighted by molar-refractivity contribution is 6.05. The van der Waals surface area contributed by atoms with Crippen molar-refractivity contribution in [2.75, 3.05) is 6.61 Å². The van der Waals surface area contributed by atoms with Crippen LogP contribution in [0.2, 0.25) is 0 Å². The van der Waals surface area contributed by atoms with E-state index in [2.05, 4.69) is 19.1 Å². The second kappa shape index (κ2) is 6.60. The van der Waals surface area contributed by atoms with Crippen LogP contribution >= 0.6 is 0 Å². The first-order valence-corrected chi connectivity index (χ1v) is 9.85. The van der Waals surface area contributed by atoms with Gasteiger partial charge in [0, 0.05) is 29.2 Å². The zero-order chi connectivity index (χ0) is 19.3. The molecular formula is C23H23N3O2. The van der Waals surface area contributed by atoms with Crippen LogP contribution in [0.15, 0.2) is 48.8 Å². The fraction of sp³-hybridized carbons (Fsp3) is 0.304. The first-order chi connectivity index (χ1) is 13.6. The van der Waals surface area contributed by atoms with Gasteiger partial charge in [-0.1, -0.05) is 18.2 Å². The van der Waals surface area contributed by atoms with E-state index < -0.39 is 0 Å². The number of aryl methyl sites for hydroxylation is 2. The Kier molecular flexibility index (Phi) is 4.05. The van der Waals surface area contributed by atoms with Crippen LogP contribution in [0.4, 0.5) is 0 Å². The monoisotopic (exact) mass is 373 g/mol. The van der Waals surface area contributed by atoms with Crippen molar-refractivity contribution in [3.63, 3.8) is 0 Å². The fourth-order valence-corrected chi connectivity index (χ4v) is 4.44. The largest absolute Gasteiger partial charge is 0.618 e. The van der Waals surface area contributed by atoms with Crippen LogP contribution in [0.3, 0.4) is 0 Å². The lowest BCUT2D eigenvalue weighted by Gasteiger charge is -2.23. The van der Waals surface area contributed by atoms with E-state index in [0.717, 1.165) is 63.6 Å². The molecule has 1 aliphatic heterocycles. The Morgan fingerprint density at radius 2 is 1.86 bits per heavy atom. The second-order valence-electron chi connectivity index (χ2n) is 7.63. The molecule has 2 aromatic heterocycles. The minimum absolute atomic E-state index is 0.000722. The van der Waals surface area contributed by atoms with Gasteiger partial charge in [0.2, 0.25) is 5.52 Å². The molecule has 2 aromatic carbocycles. The molecule has 0 N–H and O–H groups in total. The number of aromatic nitrogens is 3. The molecule has 0 aliphatic carbocycles. The summed E-state index contributed by atoms with van der Waals surface area (Å²) >= 11 is 0. The van der Waals surface area contributed by atoms with Gasteiger partial charge in [0.1, 0.15) is 0 Å². The first-order valence-electron chi connectivity index (χ1n) is 9.85. The molecule has 0 amide bonds. The van der Waals surface area contributed by atoms with Crippen LogP contribution in [0, 0.1) is 19.1 Å². The number of nitrogens with zero attached hydrogens (tertiary/aromatic N) is 3. The summed E-state index contributed by atoms with van der Waals surface area (Å²) in [5.74, 6) is 0. The van der Waals surface area contributed by atoms with Gasteiger partial charge in [0.25, 0.3) is 0 Å². The quantitative estimate of drug-likeness (QED) is 0.374. The van der Waals surface area contributed by atoms with E-state index in [4.69, 9.17) is 9.84 Å². The summed E-state index contributed by atoms with van der Waals surface area (Å²) in [6.45, 7) is 4.91. The van der Waals surface area contributed by atoms with Gasteiger partial charge < -0.3 is 9.94 Å². The van der Waals surface area contributed by atoms with E-state index in [-0.39, 0.29) is 6.23 Å². The fourth-order valence-electron chi connectivity index (χ4n) is 4.44. The molecule has 0 saturated carbocycles. The van der Waals surface area contributed by atoms with Gasteiger partial charge >= 0.3 is 0 Å². The SMILES string of the molecule is Cc1ccc2c(cnn2C2CCCCO2)c1-c1c(C)c[n+]([O-])c2ccccc12. The molecule has 0 radical (unpaired) electrons. The molecule has 1 unspecified atom stereocenters. The van der Waals surface area contributed by atoms with Crippen LogP contribution < -0.4 is 4.73 Å².